The van der Waals surface area contributed by atoms with Gasteiger partial charge in [0.15, 0.2) is 0 Å². The van der Waals surface area contributed by atoms with Crippen molar-refractivity contribution in [2.45, 2.75) is 45.4 Å². The van der Waals surface area contributed by atoms with Gasteiger partial charge in [-0.25, -0.2) is 0 Å². The van der Waals surface area contributed by atoms with E-state index in [2.05, 4.69) is 31.3 Å². The van der Waals surface area contributed by atoms with Crippen molar-refractivity contribution in [3.05, 3.63) is 0 Å². The predicted octanol–water partition coefficient (Wildman–Crippen LogP) is 4.01. The second-order valence-corrected chi connectivity index (χ2v) is 5.69. The van der Waals surface area contributed by atoms with E-state index in [4.69, 9.17) is 0 Å². The molecule has 1 fully saturated rings. The van der Waals surface area contributed by atoms with E-state index in [1.807, 2.05) is 0 Å². The quantitative estimate of drug-likeness (QED) is 0.537. The molecule has 1 aliphatic rings. The van der Waals surface area contributed by atoms with Crippen LogP contribution in [0.1, 0.15) is 45.4 Å². The molecule has 1 saturated carbocycles. The fourth-order valence-electron chi connectivity index (χ4n) is 2.08. The van der Waals surface area contributed by atoms with Crippen molar-refractivity contribution in [1.82, 2.24) is 0 Å². The summed E-state index contributed by atoms with van der Waals surface area (Å²) in [6, 6.07) is 0. The van der Waals surface area contributed by atoms with Gasteiger partial charge in [-0.05, 0) is 41.9 Å². The van der Waals surface area contributed by atoms with Gasteiger partial charge >= 0.3 is 0 Å². The molecule has 1 aliphatic carbocycles. The van der Waals surface area contributed by atoms with Crippen molar-refractivity contribution in [3.63, 3.8) is 0 Å². The summed E-state index contributed by atoms with van der Waals surface area (Å²) < 4.78 is 0. The summed E-state index contributed by atoms with van der Waals surface area (Å²) in [7, 11) is 0. The lowest BCUT2D eigenvalue weighted by atomic mass is 9.77. The minimum atomic E-state index is 0.598. The van der Waals surface area contributed by atoms with E-state index >= 15 is 0 Å². The Hall–Kier alpha value is 0.700. The minimum absolute atomic E-state index is 0.598. The first-order valence-corrected chi connectivity index (χ1v) is 7.30. The number of thiol groups is 1. The molecule has 2 heteroatoms. The second-order valence-electron chi connectivity index (χ2n) is 4.27. The largest absolute Gasteiger partial charge is 0.179 e. The highest BCUT2D eigenvalue weighted by Gasteiger charge is 2.30. The fraction of sp³-hybridized carbons (Fsp3) is 1.00. The smallest absolute Gasteiger partial charge is 0.000300 e. The number of rotatable bonds is 5. The lowest BCUT2D eigenvalue weighted by Gasteiger charge is -2.35. The highest BCUT2D eigenvalue weighted by molar-refractivity contribution is 7.99. The number of thioether (sulfide) groups is 1. The van der Waals surface area contributed by atoms with Crippen LogP contribution in [0.5, 0.6) is 0 Å². The first-order valence-electron chi connectivity index (χ1n) is 5.51. The Morgan fingerprint density at radius 3 is 2.46 bits per heavy atom. The zero-order valence-electron chi connectivity index (χ0n) is 8.72. The third-order valence-corrected chi connectivity index (χ3v) is 5.19. The van der Waals surface area contributed by atoms with Crippen molar-refractivity contribution >= 4 is 24.4 Å². The summed E-state index contributed by atoms with van der Waals surface area (Å²) >= 11 is 6.67. The van der Waals surface area contributed by atoms with Crippen LogP contribution in [0.15, 0.2) is 0 Å². The molecule has 0 atom stereocenters. The van der Waals surface area contributed by atoms with E-state index in [0.717, 1.165) is 5.75 Å². The molecule has 0 heterocycles. The van der Waals surface area contributed by atoms with Crippen LogP contribution in [-0.4, -0.2) is 17.3 Å². The molecule has 0 unspecified atom stereocenters. The van der Waals surface area contributed by atoms with E-state index in [0.29, 0.717) is 5.41 Å². The van der Waals surface area contributed by atoms with E-state index in [9.17, 15) is 0 Å². The summed E-state index contributed by atoms with van der Waals surface area (Å²) in [6.45, 7) is 2.27. The first-order chi connectivity index (χ1) is 6.33. The van der Waals surface area contributed by atoms with Crippen molar-refractivity contribution in [1.29, 1.82) is 0 Å². The van der Waals surface area contributed by atoms with Crippen LogP contribution in [0.4, 0.5) is 0 Å². The van der Waals surface area contributed by atoms with Gasteiger partial charge in [0.05, 0.1) is 0 Å². The van der Waals surface area contributed by atoms with E-state index in [1.54, 1.807) is 0 Å². The molecule has 0 aliphatic heterocycles. The van der Waals surface area contributed by atoms with Crippen molar-refractivity contribution in [2.75, 3.05) is 17.3 Å². The molecule has 0 nitrogen and oxygen atoms in total. The highest BCUT2D eigenvalue weighted by atomic mass is 32.2. The average Bonchev–Trinajstić information content (AvgIpc) is 2.20. The molecule has 1 rings (SSSR count). The average molecular weight is 218 g/mol. The zero-order chi connectivity index (χ0) is 9.57. The molecule has 0 bridgehead atoms. The molecule has 0 aromatic heterocycles. The van der Waals surface area contributed by atoms with Crippen LogP contribution in [0.2, 0.25) is 0 Å². The predicted molar refractivity (Wildman–Crippen MR) is 67.0 cm³/mol. The first kappa shape index (κ1) is 11.8. The van der Waals surface area contributed by atoms with Gasteiger partial charge in [0, 0.05) is 0 Å². The maximum absolute atomic E-state index is 4.54. The van der Waals surface area contributed by atoms with Crippen LogP contribution < -0.4 is 0 Å². The molecule has 0 saturated heterocycles. The zero-order valence-corrected chi connectivity index (χ0v) is 10.4. The Morgan fingerprint density at radius 2 is 1.92 bits per heavy atom. The SMILES string of the molecule is CCCSCC1(CS)CCCCC1. The highest BCUT2D eigenvalue weighted by Crippen LogP contribution is 2.39. The molecule has 0 spiro atoms. The number of hydrogen-bond donors (Lipinski definition) is 1. The van der Waals surface area contributed by atoms with E-state index in [1.165, 1.54) is 50.0 Å². The molecular weight excluding hydrogens is 196 g/mol. The van der Waals surface area contributed by atoms with E-state index < -0.39 is 0 Å². The van der Waals surface area contributed by atoms with Gasteiger partial charge in [-0.2, -0.15) is 24.4 Å². The van der Waals surface area contributed by atoms with E-state index in [-0.39, 0.29) is 0 Å². The Morgan fingerprint density at radius 1 is 1.23 bits per heavy atom. The van der Waals surface area contributed by atoms with Crippen molar-refractivity contribution in [2.24, 2.45) is 5.41 Å². The van der Waals surface area contributed by atoms with Crippen LogP contribution in [0, 0.1) is 5.41 Å². The summed E-state index contributed by atoms with van der Waals surface area (Å²) in [5, 5.41) is 0. The molecule has 0 amide bonds. The molecule has 78 valence electrons. The normalized spacial score (nSPS) is 21.7. The van der Waals surface area contributed by atoms with Gasteiger partial charge in [-0.1, -0.05) is 26.2 Å². The van der Waals surface area contributed by atoms with Gasteiger partial charge < -0.3 is 0 Å². The maximum atomic E-state index is 4.54. The van der Waals surface area contributed by atoms with Crippen LogP contribution in [0.3, 0.4) is 0 Å². The van der Waals surface area contributed by atoms with Crippen LogP contribution in [-0.2, 0) is 0 Å². The standard InChI is InChI=1S/C11H22S2/c1-2-8-13-10-11(9-12)6-4-3-5-7-11/h12H,2-10H2,1H3. The molecule has 0 radical (unpaired) electrons. The second kappa shape index (κ2) is 6.23. The Bertz CT molecular complexity index is 128. The number of hydrogen-bond acceptors (Lipinski definition) is 2. The van der Waals surface area contributed by atoms with Gasteiger partial charge in [0.2, 0.25) is 0 Å². The van der Waals surface area contributed by atoms with Crippen molar-refractivity contribution in [3.8, 4) is 0 Å². The van der Waals surface area contributed by atoms with Crippen LogP contribution in [0.25, 0.3) is 0 Å². The summed E-state index contributed by atoms with van der Waals surface area (Å²) in [6.07, 6.45) is 8.49. The van der Waals surface area contributed by atoms with Gasteiger partial charge in [-0.3, -0.25) is 0 Å². The molecule has 13 heavy (non-hydrogen) atoms. The summed E-state index contributed by atoms with van der Waals surface area (Å²) in [5.74, 6) is 3.78. The molecule has 0 aromatic rings. The molecule has 0 aromatic carbocycles. The molecule has 0 N–H and O–H groups in total. The Balaban J connectivity index is 2.29. The third-order valence-electron chi connectivity index (χ3n) is 3.01. The Kier molecular flexibility index (Phi) is 5.65. The van der Waals surface area contributed by atoms with Crippen LogP contribution >= 0.6 is 24.4 Å². The summed E-state index contributed by atoms with van der Waals surface area (Å²) in [5.41, 5.74) is 0.598. The molecular formula is C11H22S2. The lowest BCUT2D eigenvalue weighted by Crippen LogP contribution is -2.28. The monoisotopic (exact) mass is 218 g/mol. The third kappa shape index (κ3) is 3.75. The van der Waals surface area contributed by atoms with Gasteiger partial charge in [0.25, 0.3) is 0 Å². The Labute approximate surface area is 92.7 Å². The van der Waals surface area contributed by atoms with Crippen molar-refractivity contribution < 1.29 is 0 Å². The van der Waals surface area contributed by atoms with Gasteiger partial charge in [-0.15, -0.1) is 0 Å². The van der Waals surface area contributed by atoms with Gasteiger partial charge in [0.1, 0.15) is 0 Å². The topological polar surface area (TPSA) is 0 Å². The summed E-state index contributed by atoms with van der Waals surface area (Å²) in [4.78, 5) is 0. The lowest BCUT2D eigenvalue weighted by molar-refractivity contribution is 0.259. The maximum Gasteiger partial charge on any atom is -0.000300 e. The fourth-order valence-corrected chi connectivity index (χ4v) is 3.92. The minimum Gasteiger partial charge on any atom is -0.179 e.